The summed E-state index contributed by atoms with van der Waals surface area (Å²) in [6.07, 6.45) is 0.438. The van der Waals surface area contributed by atoms with Gasteiger partial charge in [-0.25, -0.2) is 4.39 Å². The van der Waals surface area contributed by atoms with E-state index in [0.29, 0.717) is 11.4 Å². The third-order valence-electron chi connectivity index (χ3n) is 6.81. The van der Waals surface area contributed by atoms with Crippen LogP contribution in [0.2, 0.25) is 5.02 Å². The number of benzene rings is 3. The first-order valence-corrected chi connectivity index (χ1v) is 11.6. The lowest BCUT2D eigenvalue weighted by Crippen LogP contribution is -2.62. The Morgan fingerprint density at radius 3 is 2.47 bits per heavy atom. The molecule has 3 heterocycles. The SMILES string of the molecule is O=C1C2Cc3c([nH]c4ccccc34)C(c3ccc(Cl)cc3)N2C(=O)CN1Cc1ccc(F)cc1. The summed E-state index contributed by atoms with van der Waals surface area (Å²) < 4.78 is 13.3. The molecule has 0 radical (unpaired) electrons. The molecule has 34 heavy (non-hydrogen) atoms. The van der Waals surface area contributed by atoms with E-state index in [1.165, 1.54) is 12.1 Å². The first-order valence-electron chi connectivity index (χ1n) is 11.2. The van der Waals surface area contributed by atoms with Crippen molar-refractivity contribution in [1.29, 1.82) is 0 Å². The molecule has 2 aliphatic rings. The Hall–Kier alpha value is -3.64. The fourth-order valence-corrected chi connectivity index (χ4v) is 5.38. The average molecular weight is 474 g/mol. The maximum Gasteiger partial charge on any atom is 0.246 e. The molecule has 4 aromatic rings. The molecule has 0 saturated carbocycles. The standard InChI is InChI=1S/C27H21ClFN3O2/c28-18-9-7-17(8-10-18)26-25-21(20-3-1-2-4-22(20)30-25)13-23-27(34)31(15-24(33)32(23)26)14-16-5-11-19(29)12-6-16/h1-12,23,26,30H,13-15H2. The molecule has 0 aliphatic carbocycles. The van der Waals surface area contributed by atoms with Gasteiger partial charge in [-0.2, -0.15) is 0 Å². The van der Waals surface area contributed by atoms with Crippen LogP contribution in [-0.4, -0.2) is 39.2 Å². The molecule has 170 valence electrons. The Morgan fingerprint density at radius 2 is 1.71 bits per heavy atom. The van der Waals surface area contributed by atoms with Gasteiger partial charge in [0.05, 0.1) is 6.04 Å². The maximum absolute atomic E-state index is 13.7. The lowest BCUT2D eigenvalue weighted by Gasteiger charge is -2.47. The second-order valence-corrected chi connectivity index (χ2v) is 9.30. The van der Waals surface area contributed by atoms with Crippen molar-refractivity contribution in [3.05, 3.63) is 106 Å². The van der Waals surface area contributed by atoms with Crippen molar-refractivity contribution < 1.29 is 14.0 Å². The second kappa shape index (κ2) is 7.99. The minimum Gasteiger partial charge on any atom is -0.356 e. The van der Waals surface area contributed by atoms with E-state index in [2.05, 4.69) is 4.98 Å². The number of amides is 2. The number of carbonyl (C=O) groups is 2. The number of nitrogens with one attached hydrogen (secondary N) is 1. The summed E-state index contributed by atoms with van der Waals surface area (Å²) in [4.78, 5) is 34.1. The number of aromatic amines is 1. The molecule has 7 heteroatoms. The van der Waals surface area contributed by atoms with Crippen LogP contribution in [0.4, 0.5) is 4.39 Å². The highest BCUT2D eigenvalue weighted by Gasteiger charge is 2.48. The highest BCUT2D eigenvalue weighted by Crippen LogP contribution is 2.42. The Balaban J connectivity index is 1.44. The number of rotatable bonds is 3. The van der Waals surface area contributed by atoms with Gasteiger partial charge in [-0.1, -0.05) is 54.1 Å². The summed E-state index contributed by atoms with van der Waals surface area (Å²) >= 11 is 6.14. The van der Waals surface area contributed by atoms with E-state index < -0.39 is 12.1 Å². The minimum absolute atomic E-state index is 0.0215. The summed E-state index contributed by atoms with van der Waals surface area (Å²) in [6.45, 7) is 0.244. The van der Waals surface area contributed by atoms with Crippen molar-refractivity contribution in [2.45, 2.75) is 25.0 Å². The van der Waals surface area contributed by atoms with Gasteiger partial charge in [0.15, 0.2) is 0 Å². The zero-order chi connectivity index (χ0) is 23.4. The number of nitrogens with zero attached hydrogens (tertiary/aromatic N) is 2. The van der Waals surface area contributed by atoms with Gasteiger partial charge in [0.2, 0.25) is 11.8 Å². The monoisotopic (exact) mass is 473 g/mol. The van der Waals surface area contributed by atoms with E-state index in [1.807, 2.05) is 36.4 Å². The van der Waals surface area contributed by atoms with Crippen LogP contribution in [0.15, 0.2) is 72.8 Å². The maximum atomic E-state index is 13.7. The lowest BCUT2D eigenvalue weighted by atomic mass is 9.86. The number of carbonyl (C=O) groups excluding carboxylic acids is 2. The van der Waals surface area contributed by atoms with Gasteiger partial charge in [-0.05, 0) is 47.0 Å². The first kappa shape index (κ1) is 20.9. The van der Waals surface area contributed by atoms with Crippen LogP contribution in [0.5, 0.6) is 0 Å². The Labute approximate surface area is 200 Å². The molecule has 2 unspecified atom stereocenters. The minimum atomic E-state index is -0.617. The highest BCUT2D eigenvalue weighted by molar-refractivity contribution is 6.30. The molecular formula is C27H21ClFN3O2. The topological polar surface area (TPSA) is 56.4 Å². The van der Waals surface area contributed by atoms with Crippen LogP contribution in [-0.2, 0) is 22.6 Å². The van der Waals surface area contributed by atoms with Gasteiger partial charge in [-0.15, -0.1) is 0 Å². The molecule has 2 amide bonds. The van der Waals surface area contributed by atoms with Crippen LogP contribution in [0, 0.1) is 5.82 Å². The normalized spacial score (nSPS) is 19.9. The molecule has 1 saturated heterocycles. The van der Waals surface area contributed by atoms with Crippen molar-refractivity contribution in [2.24, 2.45) is 0 Å². The third-order valence-corrected chi connectivity index (χ3v) is 7.07. The van der Waals surface area contributed by atoms with Crippen molar-refractivity contribution >= 4 is 34.3 Å². The molecular weight excluding hydrogens is 453 g/mol. The van der Waals surface area contributed by atoms with E-state index >= 15 is 0 Å². The number of piperazine rings is 1. The molecule has 1 aromatic heterocycles. The molecule has 3 aromatic carbocycles. The fourth-order valence-electron chi connectivity index (χ4n) is 5.26. The largest absolute Gasteiger partial charge is 0.356 e. The number of para-hydroxylation sites is 1. The Morgan fingerprint density at radius 1 is 0.971 bits per heavy atom. The predicted molar refractivity (Wildman–Crippen MR) is 128 cm³/mol. The molecule has 2 aliphatic heterocycles. The number of fused-ring (bicyclic) bond motifs is 4. The average Bonchev–Trinajstić information content (AvgIpc) is 3.21. The van der Waals surface area contributed by atoms with E-state index in [4.69, 9.17) is 11.6 Å². The summed E-state index contributed by atoms with van der Waals surface area (Å²) in [7, 11) is 0. The predicted octanol–water partition coefficient (Wildman–Crippen LogP) is 4.85. The molecule has 6 rings (SSSR count). The number of halogens is 2. The van der Waals surface area contributed by atoms with Gasteiger partial charge in [0, 0.05) is 34.6 Å². The van der Waals surface area contributed by atoms with Gasteiger partial charge in [0.25, 0.3) is 0 Å². The van der Waals surface area contributed by atoms with Crippen LogP contribution >= 0.6 is 11.6 Å². The van der Waals surface area contributed by atoms with Crippen molar-refractivity contribution in [2.75, 3.05) is 6.54 Å². The van der Waals surface area contributed by atoms with Crippen LogP contribution in [0.25, 0.3) is 10.9 Å². The van der Waals surface area contributed by atoms with Crippen molar-refractivity contribution in [3.63, 3.8) is 0 Å². The number of hydrogen-bond acceptors (Lipinski definition) is 2. The Kier molecular flexibility index (Phi) is 4.92. The molecule has 5 nitrogen and oxygen atoms in total. The van der Waals surface area contributed by atoms with Gasteiger partial charge >= 0.3 is 0 Å². The smallest absolute Gasteiger partial charge is 0.246 e. The van der Waals surface area contributed by atoms with Crippen LogP contribution < -0.4 is 0 Å². The molecule has 1 N–H and O–H groups in total. The molecule has 0 bridgehead atoms. The summed E-state index contributed by atoms with van der Waals surface area (Å²) in [5, 5.41) is 1.67. The van der Waals surface area contributed by atoms with Crippen LogP contribution in [0.1, 0.15) is 28.4 Å². The fraction of sp³-hybridized carbons (Fsp3) is 0.185. The number of hydrogen-bond donors (Lipinski definition) is 1. The zero-order valence-electron chi connectivity index (χ0n) is 18.2. The zero-order valence-corrected chi connectivity index (χ0v) is 18.9. The summed E-state index contributed by atoms with van der Waals surface area (Å²) in [5.41, 5.74) is 4.66. The summed E-state index contributed by atoms with van der Waals surface area (Å²) in [5.74, 6) is -0.546. The second-order valence-electron chi connectivity index (χ2n) is 8.86. The number of aromatic nitrogens is 1. The van der Waals surface area contributed by atoms with E-state index in [1.54, 1.807) is 34.1 Å². The van der Waals surface area contributed by atoms with E-state index in [0.717, 1.165) is 33.3 Å². The quantitative estimate of drug-likeness (QED) is 0.462. The number of H-pyrrole nitrogens is 1. The van der Waals surface area contributed by atoms with Gasteiger partial charge in [-0.3, -0.25) is 9.59 Å². The van der Waals surface area contributed by atoms with Gasteiger partial charge < -0.3 is 14.8 Å². The van der Waals surface area contributed by atoms with Crippen molar-refractivity contribution in [3.8, 4) is 0 Å². The van der Waals surface area contributed by atoms with E-state index in [-0.39, 0.29) is 30.7 Å². The van der Waals surface area contributed by atoms with Crippen molar-refractivity contribution in [1.82, 2.24) is 14.8 Å². The molecule has 0 spiro atoms. The van der Waals surface area contributed by atoms with E-state index in [9.17, 15) is 14.0 Å². The van der Waals surface area contributed by atoms with Crippen LogP contribution in [0.3, 0.4) is 0 Å². The lowest BCUT2D eigenvalue weighted by molar-refractivity contribution is -0.159. The summed E-state index contributed by atoms with van der Waals surface area (Å²) in [6, 6.07) is 20.4. The molecule has 1 fully saturated rings. The van der Waals surface area contributed by atoms with Gasteiger partial charge in [0.1, 0.15) is 18.4 Å². The Bertz CT molecular complexity index is 1410. The molecule has 2 atom stereocenters. The first-order chi connectivity index (χ1) is 16.5. The third kappa shape index (κ3) is 3.37. The highest BCUT2D eigenvalue weighted by atomic mass is 35.5.